The van der Waals surface area contributed by atoms with Crippen molar-refractivity contribution in [2.24, 2.45) is 10.9 Å². The van der Waals surface area contributed by atoms with E-state index in [0.29, 0.717) is 25.3 Å². The van der Waals surface area contributed by atoms with Gasteiger partial charge in [0.2, 0.25) is 5.91 Å². The Morgan fingerprint density at radius 2 is 2.03 bits per heavy atom. The fraction of sp³-hybridized carbons (Fsp3) is 0.600. The molecule has 7 nitrogen and oxygen atoms in total. The van der Waals surface area contributed by atoms with Crippen LogP contribution in [0.2, 0.25) is 0 Å². The van der Waals surface area contributed by atoms with Gasteiger partial charge in [0.1, 0.15) is 0 Å². The van der Waals surface area contributed by atoms with Crippen LogP contribution in [0.4, 0.5) is 0 Å². The number of benzene rings is 1. The molecule has 1 amide bonds. The Hall–Kier alpha value is -1.01. The summed E-state index contributed by atoms with van der Waals surface area (Å²) in [5.41, 5.74) is 0. The number of hydrogen-bond acceptors (Lipinski definition) is 5. The molecule has 0 aliphatic carbocycles. The maximum Gasteiger partial charge on any atom is 0.222 e. The molecule has 0 spiro atoms. The first-order valence-corrected chi connectivity index (χ1v) is 12.9. The van der Waals surface area contributed by atoms with Crippen LogP contribution in [0.1, 0.15) is 19.3 Å². The lowest BCUT2D eigenvalue weighted by Crippen LogP contribution is -2.42. The van der Waals surface area contributed by atoms with Gasteiger partial charge in [-0.05, 0) is 30.9 Å². The average molecular weight is 567 g/mol. The molecule has 2 fully saturated rings. The van der Waals surface area contributed by atoms with Crippen molar-refractivity contribution in [3.8, 4) is 0 Å². The van der Waals surface area contributed by atoms with Crippen molar-refractivity contribution in [2.45, 2.75) is 30.2 Å². The number of carbonyl (C=O) groups is 1. The average Bonchev–Trinajstić information content (AvgIpc) is 3.30. The molecule has 2 unspecified atom stereocenters. The van der Waals surface area contributed by atoms with Crippen LogP contribution < -0.4 is 10.6 Å². The van der Waals surface area contributed by atoms with Gasteiger partial charge in [0.25, 0.3) is 0 Å². The molecule has 2 saturated heterocycles. The van der Waals surface area contributed by atoms with E-state index in [1.165, 1.54) is 4.90 Å². The normalized spacial score (nSPS) is 23.1. The van der Waals surface area contributed by atoms with Crippen LogP contribution in [0, 0.1) is 5.92 Å². The lowest BCUT2D eigenvalue weighted by Gasteiger charge is -2.22. The van der Waals surface area contributed by atoms with Gasteiger partial charge in [-0.2, -0.15) is 0 Å². The Balaban J connectivity index is 0.00000320. The smallest absolute Gasteiger partial charge is 0.222 e. The molecule has 0 saturated carbocycles. The summed E-state index contributed by atoms with van der Waals surface area (Å²) in [5.74, 6) is 2.64. The lowest BCUT2D eigenvalue weighted by molar-refractivity contribution is -0.121. The van der Waals surface area contributed by atoms with E-state index in [9.17, 15) is 13.2 Å². The van der Waals surface area contributed by atoms with E-state index in [4.69, 9.17) is 0 Å². The topological polar surface area (TPSA) is 90.9 Å². The zero-order chi connectivity index (χ0) is 20.7. The second kappa shape index (κ2) is 12.1. The summed E-state index contributed by atoms with van der Waals surface area (Å²) >= 11 is 1.89. The van der Waals surface area contributed by atoms with Crippen LogP contribution in [0.25, 0.3) is 0 Å². The van der Waals surface area contributed by atoms with Crippen molar-refractivity contribution in [2.75, 3.05) is 43.9 Å². The fourth-order valence-electron chi connectivity index (χ4n) is 3.72. The van der Waals surface area contributed by atoms with Crippen molar-refractivity contribution in [1.29, 1.82) is 0 Å². The third-order valence-corrected chi connectivity index (χ3v) is 8.27. The third-order valence-electron chi connectivity index (χ3n) is 5.26. The SMILES string of the molecule is CN=C(NCCC(=O)NC1CCS(=O)(=O)C1)N1CCC(CSc2ccccc2)C1.I. The summed E-state index contributed by atoms with van der Waals surface area (Å²) in [4.78, 5) is 20.0. The Morgan fingerprint density at radius 1 is 1.27 bits per heavy atom. The molecule has 2 atom stereocenters. The molecule has 2 heterocycles. The van der Waals surface area contributed by atoms with E-state index in [-0.39, 0.29) is 47.4 Å². The first-order chi connectivity index (χ1) is 13.9. The number of nitrogens with zero attached hydrogens (tertiary/aromatic N) is 2. The van der Waals surface area contributed by atoms with Crippen LogP contribution in [0.15, 0.2) is 40.2 Å². The van der Waals surface area contributed by atoms with E-state index in [1.54, 1.807) is 7.05 Å². The summed E-state index contributed by atoms with van der Waals surface area (Å²) in [5, 5.41) is 6.09. The number of thioether (sulfide) groups is 1. The number of likely N-dealkylation sites (tertiary alicyclic amines) is 1. The number of sulfone groups is 1. The minimum Gasteiger partial charge on any atom is -0.356 e. The zero-order valence-electron chi connectivity index (χ0n) is 17.2. The summed E-state index contributed by atoms with van der Waals surface area (Å²) in [6.07, 6.45) is 1.95. The first-order valence-electron chi connectivity index (χ1n) is 10.1. The van der Waals surface area contributed by atoms with E-state index < -0.39 is 9.84 Å². The molecule has 1 aromatic rings. The predicted octanol–water partition coefficient (Wildman–Crippen LogP) is 1.99. The van der Waals surface area contributed by atoms with E-state index in [2.05, 4.69) is 44.8 Å². The van der Waals surface area contributed by atoms with Crippen molar-refractivity contribution in [1.82, 2.24) is 15.5 Å². The van der Waals surface area contributed by atoms with Gasteiger partial charge < -0.3 is 15.5 Å². The molecule has 0 bridgehead atoms. The minimum absolute atomic E-state index is 0. The maximum absolute atomic E-state index is 12.1. The highest BCUT2D eigenvalue weighted by molar-refractivity contribution is 14.0. The van der Waals surface area contributed by atoms with E-state index in [0.717, 1.165) is 31.2 Å². The van der Waals surface area contributed by atoms with Crippen LogP contribution in [-0.4, -0.2) is 75.2 Å². The largest absolute Gasteiger partial charge is 0.356 e. The number of aliphatic imine (C=N–C) groups is 1. The number of rotatable bonds is 7. The molecule has 3 rings (SSSR count). The Bertz CT molecular complexity index is 821. The van der Waals surface area contributed by atoms with Gasteiger partial charge in [0, 0.05) is 49.8 Å². The van der Waals surface area contributed by atoms with Crippen LogP contribution >= 0.6 is 35.7 Å². The molecule has 2 aliphatic heterocycles. The molecular formula is C20H31IN4O3S2. The fourth-order valence-corrected chi connectivity index (χ4v) is 6.44. The second-order valence-corrected chi connectivity index (χ2v) is 10.9. The molecule has 1 aromatic carbocycles. The Labute approximate surface area is 200 Å². The van der Waals surface area contributed by atoms with Crippen molar-refractivity contribution in [3.05, 3.63) is 30.3 Å². The summed E-state index contributed by atoms with van der Waals surface area (Å²) < 4.78 is 23.0. The standard InChI is InChI=1S/C20H30N4O3S2.HI/c1-21-20(22-10-7-19(25)23-17-9-12-29(26,27)15-17)24-11-8-16(13-24)14-28-18-5-3-2-4-6-18;/h2-6,16-17H,7-15H2,1H3,(H,21,22)(H,23,25);1H. The van der Waals surface area contributed by atoms with Gasteiger partial charge in [0.15, 0.2) is 15.8 Å². The van der Waals surface area contributed by atoms with E-state index >= 15 is 0 Å². The molecule has 168 valence electrons. The Morgan fingerprint density at radius 3 is 2.70 bits per heavy atom. The van der Waals surface area contributed by atoms with E-state index in [1.807, 2.05) is 17.8 Å². The van der Waals surface area contributed by atoms with Gasteiger partial charge in [-0.15, -0.1) is 35.7 Å². The summed E-state index contributed by atoms with van der Waals surface area (Å²) in [6.45, 7) is 2.41. The summed E-state index contributed by atoms with van der Waals surface area (Å²) in [7, 11) is -1.21. The number of hydrogen-bond donors (Lipinski definition) is 2. The zero-order valence-corrected chi connectivity index (χ0v) is 21.2. The number of halogens is 1. The van der Waals surface area contributed by atoms with Crippen LogP contribution in [0.5, 0.6) is 0 Å². The highest BCUT2D eigenvalue weighted by Gasteiger charge is 2.29. The molecular weight excluding hydrogens is 535 g/mol. The highest BCUT2D eigenvalue weighted by atomic mass is 127. The summed E-state index contributed by atoms with van der Waals surface area (Å²) in [6, 6.07) is 10.2. The maximum atomic E-state index is 12.1. The Kier molecular flexibility index (Phi) is 10.2. The van der Waals surface area contributed by atoms with Gasteiger partial charge >= 0.3 is 0 Å². The molecule has 30 heavy (non-hydrogen) atoms. The molecule has 0 aromatic heterocycles. The molecule has 2 N–H and O–H groups in total. The third kappa shape index (κ3) is 7.92. The number of amides is 1. The van der Waals surface area contributed by atoms with Crippen molar-refractivity contribution < 1.29 is 13.2 Å². The van der Waals surface area contributed by atoms with Gasteiger partial charge in [-0.1, -0.05) is 18.2 Å². The second-order valence-electron chi connectivity index (χ2n) is 7.62. The predicted molar refractivity (Wildman–Crippen MR) is 133 cm³/mol. The molecule has 2 aliphatic rings. The first kappa shape index (κ1) is 25.3. The number of nitrogens with one attached hydrogen (secondary N) is 2. The van der Waals surface area contributed by atoms with Gasteiger partial charge in [-0.25, -0.2) is 8.42 Å². The van der Waals surface area contributed by atoms with Crippen molar-refractivity contribution in [3.63, 3.8) is 0 Å². The van der Waals surface area contributed by atoms with Crippen LogP contribution in [0.3, 0.4) is 0 Å². The number of carbonyl (C=O) groups excluding carboxylic acids is 1. The van der Waals surface area contributed by atoms with Gasteiger partial charge in [0.05, 0.1) is 11.5 Å². The highest BCUT2D eigenvalue weighted by Crippen LogP contribution is 2.25. The molecule has 10 heteroatoms. The monoisotopic (exact) mass is 566 g/mol. The van der Waals surface area contributed by atoms with Gasteiger partial charge in [-0.3, -0.25) is 9.79 Å². The minimum atomic E-state index is -2.98. The number of guanidine groups is 1. The van der Waals surface area contributed by atoms with Crippen LogP contribution in [-0.2, 0) is 14.6 Å². The lowest BCUT2D eigenvalue weighted by atomic mass is 10.2. The quantitative estimate of drug-likeness (QED) is 0.227. The molecule has 0 radical (unpaired) electrons. The van der Waals surface area contributed by atoms with Crippen molar-refractivity contribution >= 4 is 57.4 Å².